The molecule has 0 unspecified atom stereocenters. The Morgan fingerprint density at radius 2 is 1.95 bits per heavy atom. The van der Waals surface area contributed by atoms with Gasteiger partial charge in [0.15, 0.2) is 0 Å². The minimum Gasteiger partial charge on any atom is -0.490 e. The Balaban J connectivity index is 0.000000191. The molecule has 19 heavy (non-hydrogen) atoms. The molecule has 0 bridgehead atoms. The van der Waals surface area contributed by atoms with Crippen molar-refractivity contribution >= 4 is 5.82 Å². The first-order valence-electron chi connectivity index (χ1n) is 5.11. The van der Waals surface area contributed by atoms with E-state index in [0.717, 1.165) is 5.56 Å². The molecule has 0 aliphatic rings. The molecule has 0 aromatic carbocycles. The Morgan fingerprint density at radius 1 is 1.26 bits per heavy atom. The van der Waals surface area contributed by atoms with Crippen LogP contribution in [-0.4, -0.2) is 27.0 Å². The predicted octanol–water partition coefficient (Wildman–Crippen LogP) is -1.27. The summed E-state index contributed by atoms with van der Waals surface area (Å²) in [6, 6.07) is 0. The van der Waals surface area contributed by atoms with Gasteiger partial charge in [-0.1, -0.05) is 0 Å². The summed E-state index contributed by atoms with van der Waals surface area (Å²) in [5, 5.41) is 0. The minimum atomic E-state index is -0.536. The molecule has 2 aromatic rings. The third-order valence-corrected chi connectivity index (χ3v) is 2.05. The maximum atomic E-state index is 10.7. The van der Waals surface area contributed by atoms with Crippen molar-refractivity contribution < 1.29 is 4.74 Å². The number of hydrogen-bond acceptors (Lipinski definition) is 6. The van der Waals surface area contributed by atoms with Crippen LogP contribution in [0.25, 0.3) is 0 Å². The highest BCUT2D eigenvalue weighted by molar-refractivity contribution is 5.34. The van der Waals surface area contributed by atoms with Gasteiger partial charge in [-0.2, -0.15) is 0 Å². The number of aromatic nitrogens is 4. The van der Waals surface area contributed by atoms with Crippen LogP contribution < -0.4 is 27.4 Å². The molecule has 2 heterocycles. The molecule has 0 spiro atoms. The van der Waals surface area contributed by atoms with Gasteiger partial charge in [0.25, 0.3) is 5.56 Å². The Morgan fingerprint density at radius 3 is 2.42 bits per heavy atom. The second kappa shape index (κ2) is 6.19. The number of rotatable bonds is 1. The number of nitrogens with two attached hydrogens (primary N) is 1. The van der Waals surface area contributed by atoms with E-state index in [9.17, 15) is 14.4 Å². The summed E-state index contributed by atoms with van der Waals surface area (Å²) in [6.07, 6.45) is 2.65. The van der Waals surface area contributed by atoms with Crippen LogP contribution in [0.3, 0.4) is 0 Å². The van der Waals surface area contributed by atoms with Crippen LogP contribution in [-0.2, 0) is 0 Å². The highest BCUT2D eigenvalue weighted by Crippen LogP contribution is 1.97. The summed E-state index contributed by atoms with van der Waals surface area (Å²) in [5.41, 5.74) is 4.65. The van der Waals surface area contributed by atoms with E-state index < -0.39 is 16.9 Å². The summed E-state index contributed by atoms with van der Waals surface area (Å²) >= 11 is 0. The van der Waals surface area contributed by atoms with Crippen LogP contribution >= 0.6 is 0 Å². The summed E-state index contributed by atoms with van der Waals surface area (Å²) in [6.45, 7) is 1.78. The molecule has 0 saturated heterocycles. The largest absolute Gasteiger partial charge is 0.490 e. The number of aromatic amines is 3. The maximum absolute atomic E-state index is 10.7. The molecule has 0 atom stereocenters. The van der Waals surface area contributed by atoms with E-state index in [4.69, 9.17) is 5.73 Å². The first kappa shape index (κ1) is 14.2. The molecule has 9 nitrogen and oxygen atoms in total. The first-order valence-corrected chi connectivity index (χ1v) is 5.11. The maximum Gasteiger partial charge on any atom is 0.346 e. The van der Waals surface area contributed by atoms with Crippen molar-refractivity contribution in [1.29, 1.82) is 0 Å². The molecule has 2 aromatic heterocycles. The Labute approximate surface area is 106 Å². The molecule has 0 aliphatic heterocycles. The number of nitrogen functional groups attached to an aromatic ring is 1. The zero-order valence-corrected chi connectivity index (χ0v) is 10.3. The fourth-order valence-corrected chi connectivity index (χ4v) is 1.02. The lowest BCUT2D eigenvalue weighted by atomic mass is 10.4. The SMILES string of the molecule is COc1c[nH]c(=O)[nH]c1=O.Cc1cnc(=O)[nH]c1N. The van der Waals surface area contributed by atoms with Crippen LogP contribution in [0.2, 0.25) is 0 Å². The predicted molar refractivity (Wildman–Crippen MR) is 68.2 cm³/mol. The zero-order valence-electron chi connectivity index (χ0n) is 10.3. The van der Waals surface area contributed by atoms with Crippen LogP contribution in [0, 0.1) is 6.92 Å². The van der Waals surface area contributed by atoms with Gasteiger partial charge in [0.1, 0.15) is 5.82 Å². The number of nitrogens with zero attached hydrogens (tertiary/aromatic N) is 1. The molecule has 0 amide bonds. The molecular weight excluding hydrogens is 254 g/mol. The fraction of sp³-hybridized carbons (Fsp3) is 0.200. The molecular formula is C10H13N5O4. The average molecular weight is 267 g/mol. The molecule has 0 saturated carbocycles. The lowest BCUT2D eigenvalue weighted by Crippen LogP contribution is -2.21. The minimum absolute atomic E-state index is 0.0969. The Hall–Kier alpha value is -2.84. The monoisotopic (exact) mass is 267 g/mol. The van der Waals surface area contributed by atoms with E-state index in [1.54, 1.807) is 6.92 Å². The third-order valence-electron chi connectivity index (χ3n) is 2.05. The van der Waals surface area contributed by atoms with Crippen LogP contribution in [0.1, 0.15) is 5.56 Å². The molecule has 0 aliphatic carbocycles. The van der Waals surface area contributed by atoms with Gasteiger partial charge in [0, 0.05) is 11.8 Å². The van der Waals surface area contributed by atoms with Crippen molar-refractivity contribution in [2.75, 3.05) is 12.8 Å². The van der Waals surface area contributed by atoms with Crippen molar-refractivity contribution in [3.63, 3.8) is 0 Å². The van der Waals surface area contributed by atoms with Gasteiger partial charge in [-0.05, 0) is 6.92 Å². The summed E-state index contributed by atoms with van der Waals surface area (Å²) < 4.78 is 4.59. The van der Waals surface area contributed by atoms with E-state index in [2.05, 4.69) is 19.7 Å². The van der Waals surface area contributed by atoms with Gasteiger partial charge in [0.05, 0.1) is 13.3 Å². The number of aryl methyl sites for hydroxylation is 1. The van der Waals surface area contributed by atoms with E-state index in [-0.39, 0.29) is 5.75 Å². The number of nitrogens with one attached hydrogen (secondary N) is 3. The van der Waals surface area contributed by atoms with Crippen molar-refractivity contribution in [3.05, 3.63) is 49.3 Å². The van der Waals surface area contributed by atoms with Crippen LogP contribution in [0.5, 0.6) is 5.75 Å². The number of ether oxygens (including phenoxy) is 1. The van der Waals surface area contributed by atoms with Gasteiger partial charge in [0.2, 0.25) is 5.75 Å². The molecule has 2 rings (SSSR count). The van der Waals surface area contributed by atoms with E-state index in [1.165, 1.54) is 19.5 Å². The van der Waals surface area contributed by atoms with E-state index >= 15 is 0 Å². The second-order valence-corrected chi connectivity index (χ2v) is 3.43. The van der Waals surface area contributed by atoms with Crippen LogP contribution in [0.4, 0.5) is 5.82 Å². The van der Waals surface area contributed by atoms with Gasteiger partial charge in [-0.25, -0.2) is 14.6 Å². The summed E-state index contributed by atoms with van der Waals surface area (Å²) in [4.78, 5) is 41.5. The lowest BCUT2D eigenvalue weighted by Gasteiger charge is -1.93. The highest BCUT2D eigenvalue weighted by atomic mass is 16.5. The Kier molecular flexibility index (Phi) is 4.63. The summed E-state index contributed by atoms with van der Waals surface area (Å²) in [7, 11) is 1.35. The normalized spacial score (nSPS) is 9.37. The first-order chi connectivity index (χ1) is 8.93. The molecule has 102 valence electrons. The summed E-state index contributed by atoms with van der Waals surface area (Å²) in [5.74, 6) is 0.481. The second-order valence-electron chi connectivity index (χ2n) is 3.43. The van der Waals surface area contributed by atoms with E-state index in [1.807, 2.05) is 4.98 Å². The Bertz CT molecular complexity index is 715. The quantitative estimate of drug-likeness (QED) is 0.506. The average Bonchev–Trinajstić information content (AvgIpc) is 2.35. The molecule has 0 fully saturated rings. The molecule has 5 N–H and O–H groups in total. The number of H-pyrrole nitrogens is 3. The van der Waals surface area contributed by atoms with Crippen molar-refractivity contribution in [2.45, 2.75) is 6.92 Å². The molecule has 9 heteroatoms. The lowest BCUT2D eigenvalue weighted by molar-refractivity contribution is 0.405. The third kappa shape index (κ3) is 4.15. The number of anilines is 1. The van der Waals surface area contributed by atoms with Gasteiger partial charge >= 0.3 is 11.4 Å². The van der Waals surface area contributed by atoms with Crippen molar-refractivity contribution in [3.8, 4) is 5.75 Å². The van der Waals surface area contributed by atoms with Crippen molar-refractivity contribution in [2.24, 2.45) is 0 Å². The van der Waals surface area contributed by atoms with Gasteiger partial charge in [-0.3, -0.25) is 14.8 Å². The van der Waals surface area contributed by atoms with E-state index in [0.29, 0.717) is 5.82 Å². The van der Waals surface area contributed by atoms with Crippen molar-refractivity contribution in [1.82, 2.24) is 19.9 Å². The smallest absolute Gasteiger partial charge is 0.346 e. The molecule has 0 radical (unpaired) electrons. The fourth-order valence-electron chi connectivity index (χ4n) is 1.02. The number of methoxy groups -OCH3 is 1. The van der Waals surface area contributed by atoms with Gasteiger partial charge < -0.3 is 15.5 Å². The standard InChI is InChI=1S/C5H7N3O.C5H6N2O3/c1-3-2-7-5(9)8-4(3)6;1-10-3-2-6-5(9)7-4(3)8/h2H,1H3,(H3,6,7,8,9);2H,1H3,(H2,6,7,8,9). The van der Waals surface area contributed by atoms with Gasteiger partial charge in [-0.15, -0.1) is 0 Å². The topological polar surface area (TPSA) is 147 Å². The zero-order chi connectivity index (χ0) is 14.4. The highest BCUT2D eigenvalue weighted by Gasteiger charge is 1.95. The number of hydrogen-bond donors (Lipinski definition) is 4. The van der Waals surface area contributed by atoms with Crippen LogP contribution in [0.15, 0.2) is 26.8 Å².